The summed E-state index contributed by atoms with van der Waals surface area (Å²) < 4.78 is 31.3. The highest BCUT2D eigenvalue weighted by Gasteiger charge is 2.07. The van der Waals surface area contributed by atoms with Gasteiger partial charge in [-0.05, 0) is 18.2 Å². The molecule has 0 bridgehead atoms. The fourth-order valence-corrected chi connectivity index (χ4v) is 1.31. The van der Waals surface area contributed by atoms with Crippen LogP contribution in [0.1, 0.15) is 5.69 Å². The maximum Gasteiger partial charge on any atom is 0.168 e. The van der Waals surface area contributed by atoms with Crippen molar-refractivity contribution in [3.63, 3.8) is 0 Å². The predicted octanol–water partition coefficient (Wildman–Crippen LogP) is 2.44. The number of hydrogen-bond acceptors (Lipinski definition) is 3. The van der Waals surface area contributed by atoms with Crippen LogP contribution < -0.4 is 10.5 Å². The van der Waals surface area contributed by atoms with Crippen LogP contribution in [0, 0.1) is 17.0 Å². The van der Waals surface area contributed by atoms with Gasteiger partial charge in [0, 0.05) is 18.3 Å². The van der Waals surface area contributed by atoms with Gasteiger partial charge >= 0.3 is 0 Å². The SMILES string of the molecule is N=C(N)c1cc(Oc2ccc(F)cc2F)ccn1. The van der Waals surface area contributed by atoms with E-state index in [-0.39, 0.29) is 23.0 Å². The van der Waals surface area contributed by atoms with Gasteiger partial charge in [-0.1, -0.05) is 0 Å². The van der Waals surface area contributed by atoms with E-state index in [0.29, 0.717) is 0 Å². The van der Waals surface area contributed by atoms with Crippen molar-refractivity contribution in [2.24, 2.45) is 5.73 Å². The van der Waals surface area contributed by atoms with Gasteiger partial charge in [0.25, 0.3) is 0 Å². The number of amidine groups is 1. The molecule has 0 spiro atoms. The zero-order chi connectivity index (χ0) is 13.1. The Kier molecular flexibility index (Phi) is 3.18. The van der Waals surface area contributed by atoms with Crippen LogP contribution in [0.3, 0.4) is 0 Å². The molecule has 92 valence electrons. The van der Waals surface area contributed by atoms with Gasteiger partial charge in [0.15, 0.2) is 11.6 Å². The van der Waals surface area contributed by atoms with E-state index in [1.54, 1.807) is 0 Å². The number of nitrogen functional groups attached to an aromatic ring is 1. The smallest absolute Gasteiger partial charge is 0.168 e. The highest BCUT2D eigenvalue weighted by atomic mass is 19.1. The summed E-state index contributed by atoms with van der Waals surface area (Å²) in [5, 5.41) is 7.22. The molecule has 3 N–H and O–H groups in total. The Hall–Kier alpha value is -2.50. The van der Waals surface area contributed by atoms with Gasteiger partial charge in [0.05, 0.1) is 0 Å². The number of benzene rings is 1. The molecule has 1 aromatic carbocycles. The third kappa shape index (κ3) is 2.60. The summed E-state index contributed by atoms with van der Waals surface area (Å²) in [4.78, 5) is 3.83. The summed E-state index contributed by atoms with van der Waals surface area (Å²) >= 11 is 0. The molecule has 1 heterocycles. The first-order valence-electron chi connectivity index (χ1n) is 4.99. The molecule has 6 heteroatoms. The Labute approximate surface area is 102 Å². The Bertz CT molecular complexity index is 602. The number of ether oxygens (including phenoxy) is 1. The summed E-state index contributed by atoms with van der Waals surface area (Å²) in [6, 6.07) is 5.87. The van der Waals surface area contributed by atoms with E-state index in [2.05, 4.69) is 4.98 Å². The molecule has 0 radical (unpaired) electrons. The molecule has 0 aliphatic carbocycles. The van der Waals surface area contributed by atoms with Crippen molar-refractivity contribution >= 4 is 5.84 Å². The third-order valence-corrected chi connectivity index (χ3v) is 2.13. The minimum atomic E-state index is -0.809. The second kappa shape index (κ2) is 4.79. The molecule has 0 aliphatic heterocycles. The van der Waals surface area contributed by atoms with E-state index in [9.17, 15) is 8.78 Å². The molecule has 0 fully saturated rings. The van der Waals surface area contributed by atoms with Crippen molar-refractivity contribution in [2.75, 3.05) is 0 Å². The fourth-order valence-electron chi connectivity index (χ4n) is 1.31. The van der Waals surface area contributed by atoms with Crippen molar-refractivity contribution < 1.29 is 13.5 Å². The van der Waals surface area contributed by atoms with Crippen LogP contribution in [-0.2, 0) is 0 Å². The number of nitrogens with zero attached hydrogens (tertiary/aromatic N) is 1. The van der Waals surface area contributed by atoms with Crippen molar-refractivity contribution in [3.8, 4) is 11.5 Å². The molecule has 0 atom stereocenters. The third-order valence-electron chi connectivity index (χ3n) is 2.13. The zero-order valence-electron chi connectivity index (χ0n) is 9.15. The maximum absolute atomic E-state index is 13.3. The van der Waals surface area contributed by atoms with Crippen LogP contribution in [0.25, 0.3) is 0 Å². The van der Waals surface area contributed by atoms with Crippen LogP contribution >= 0.6 is 0 Å². The standard InChI is InChI=1S/C12H9F2N3O/c13-7-1-2-11(9(14)5-7)18-8-3-4-17-10(6-8)12(15)16/h1-6H,(H3,15,16). The van der Waals surface area contributed by atoms with Crippen molar-refractivity contribution in [3.05, 3.63) is 53.9 Å². The molecule has 0 saturated heterocycles. The van der Waals surface area contributed by atoms with Gasteiger partial charge in [-0.3, -0.25) is 10.4 Å². The minimum absolute atomic E-state index is 0.114. The second-order valence-electron chi connectivity index (χ2n) is 3.47. The van der Waals surface area contributed by atoms with E-state index in [4.69, 9.17) is 15.9 Å². The molecular formula is C12H9F2N3O. The van der Waals surface area contributed by atoms with Crippen LogP contribution in [0.5, 0.6) is 11.5 Å². The Balaban J connectivity index is 2.28. The largest absolute Gasteiger partial charge is 0.454 e. The highest BCUT2D eigenvalue weighted by molar-refractivity contribution is 5.93. The van der Waals surface area contributed by atoms with Gasteiger partial charge in [0.1, 0.15) is 23.1 Å². The molecule has 1 aromatic heterocycles. The van der Waals surface area contributed by atoms with Gasteiger partial charge in [0.2, 0.25) is 0 Å². The number of nitrogens with one attached hydrogen (secondary N) is 1. The number of hydrogen-bond donors (Lipinski definition) is 2. The normalized spacial score (nSPS) is 10.1. The van der Waals surface area contributed by atoms with E-state index in [1.807, 2.05) is 0 Å². The molecule has 0 amide bonds. The number of halogens is 2. The summed E-state index contributed by atoms with van der Waals surface area (Å²) in [6.07, 6.45) is 1.38. The average Bonchev–Trinajstić information content (AvgIpc) is 2.33. The lowest BCUT2D eigenvalue weighted by atomic mass is 10.3. The summed E-state index contributed by atoms with van der Waals surface area (Å²) in [6.45, 7) is 0. The van der Waals surface area contributed by atoms with Crippen molar-refractivity contribution in [2.45, 2.75) is 0 Å². The van der Waals surface area contributed by atoms with Gasteiger partial charge in [-0.15, -0.1) is 0 Å². The Morgan fingerprint density at radius 3 is 2.67 bits per heavy atom. The van der Waals surface area contributed by atoms with Crippen LogP contribution in [-0.4, -0.2) is 10.8 Å². The molecule has 0 unspecified atom stereocenters. The lowest BCUT2D eigenvalue weighted by Gasteiger charge is -2.07. The lowest BCUT2D eigenvalue weighted by molar-refractivity contribution is 0.437. The van der Waals surface area contributed by atoms with Gasteiger partial charge in [-0.2, -0.15) is 0 Å². The molecule has 0 saturated carbocycles. The first-order chi connectivity index (χ1) is 8.56. The average molecular weight is 249 g/mol. The molecule has 4 nitrogen and oxygen atoms in total. The molecule has 18 heavy (non-hydrogen) atoms. The second-order valence-corrected chi connectivity index (χ2v) is 3.47. The molecule has 2 aromatic rings. The van der Waals surface area contributed by atoms with Crippen molar-refractivity contribution in [1.82, 2.24) is 4.98 Å². The Morgan fingerprint density at radius 2 is 2.00 bits per heavy atom. The minimum Gasteiger partial charge on any atom is -0.454 e. The first-order valence-corrected chi connectivity index (χ1v) is 4.99. The summed E-state index contributed by atoms with van der Waals surface area (Å²) in [5.74, 6) is -1.56. The number of rotatable bonds is 3. The molecular weight excluding hydrogens is 240 g/mol. The van der Waals surface area contributed by atoms with Crippen molar-refractivity contribution in [1.29, 1.82) is 5.41 Å². The zero-order valence-corrected chi connectivity index (χ0v) is 9.15. The van der Waals surface area contributed by atoms with E-state index in [1.165, 1.54) is 24.4 Å². The number of aromatic nitrogens is 1. The van der Waals surface area contributed by atoms with E-state index in [0.717, 1.165) is 12.1 Å². The highest BCUT2D eigenvalue weighted by Crippen LogP contribution is 2.24. The molecule has 0 aliphatic rings. The maximum atomic E-state index is 13.3. The summed E-state index contributed by atoms with van der Waals surface area (Å²) in [5.41, 5.74) is 5.48. The quantitative estimate of drug-likeness (QED) is 0.648. The monoisotopic (exact) mass is 249 g/mol. The van der Waals surface area contributed by atoms with Crippen LogP contribution in [0.2, 0.25) is 0 Å². The van der Waals surface area contributed by atoms with Gasteiger partial charge in [-0.25, -0.2) is 8.78 Å². The molecule has 2 rings (SSSR count). The topological polar surface area (TPSA) is 72.0 Å². The predicted molar refractivity (Wildman–Crippen MR) is 61.7 cm³/mol. The number of nitrogens with two attached hydrogens (primary N) is 1. The van der Waals surface area contributed by atoms with Crippen LogP contribution in [0.15, 0.2) is 36.5 Å². The lowest BCUT2D eigenvalue weighted by Crippen LogP contribution is -2.12. The summed E-state index contributed by atoms with van der Waals surface area (Å²) in [7, 11) is 0. The van der Waals surface area contributed by atoms with E-state index < -0.39 is 11.6 Å². The number of pyridine rings is 1. The van der Waals surface area contributed by atoms with Crippen LogP contribution in [0.4, 0.5) is 8.78 Å². The first kappa shape index (κ1) is 12.0. The van der Waals surface area contributed by atoms with Gasteiger partial charge < -0.3 is 10.5 Å². The van der Waals surface area contributed by atoms with E-state index >= 15 is 0 Å². The fraction of sp³-hybridized carbons (Fsp3) is 0. The Morgan fingerprint density at radius 1 is 1.22 bits per heavy atom.